The number of hydrogen-bond acceptors (Lipinski definition) is 6. The lowest BCUT2D eigenvalue weighted by Crippen LogP contribution is -2.06. The van der Waals surface area contributed by atoms with Crippen LogP contribution in [0, 0.1) is 0 Å². The molecule has 2 aromatic rings. The van der Waals surface area contributed by atoms with Crippen molar-refractivity contribution in [1.29, 1.82) is 0 Å². The van der Waals surface area contributed by atoms with Gasteiger partial charge in [-0.25, -0.2) is 15.0 Å². The molecule has 0 bridgehead atoms. The minimum absolute atomic E-state index is 0.420. The number of nitrogens with one attached hydrogen (secondary N) is 1. The van der Waals surface area contributed by atoms with Crippen LogP contribution < -0.4 is 5.32 Å². The molecule has 0 aliphatic carbocycles. The Morgan fingerprint density at radius 3 is 2.85 bits per heavy atom. The van der Waals surface area contributed by atoms with Gasteiger partial charge in [0.25, 0.3) is 0 Å². The molecular weight excluding hydrogens is 274 g/mol. The summed E-state index contributed by atoms with van der Waals surface area (Å²) in [5, 5.41) is 4.97. The minimum Gasteiger partial charge on any atom is -0.374 e. The van der Waals surface area contributed by atoms with E-state index >= 15 is 0 Å². The van der Waals surface area contributed by atoms with E-state index in [-0.39, 0.29) is 0 Å². The van der Waals surface area contributed by atoms with Crippen molar-refractivity contribution < 1.29 is 4.74 Å². The van der Waals surface area contributed by atoms with Crippen LogP contribution in [-0.4, -0.2) is 32.7 Å². The molecule has 0 aliphatic heterocycles. The van der Waals surface area contributed by atoms with Gasteiger partial charge in [0.15, 0.2) is 11.0 Å². The van der Waals surface area contributed by atoms with E-state index < -0.39 is 0 Å². The summed E-state index contributed by atoms with van der Waals surface area (Å²) >= 11 is 1.51. The summed E-state index contributed by atoms with van der Waals surface area (Å²) in [5.41, 5.74) is 0. The van der Waals surface area contributed by atoms with Crippen molar-refractivity contribution in [3.05, 3.63) is 24.3 Å². The van der Waals surface area contributed by atoms with Gasteiger partial charge >= 0.3 is 0 Å². The van der Waals surface area contributed by atoms with Crippen LogP contribution in [0.1, 0.15) is 19.7 Å². The van der Waals surface area contributed by atoms with Crippen LogP contribution in [0.25, 0.3) is 0 Å². The van der Waals surface area contributed by atoms with Gasteiger partial charge < -0.3 is 14.6 Å². The molecule has 0 atom stereocenters. The zero-order valence-corrected chi connectivity index (χ0v) is 12.8. The van der Waals surface area contributed by atoms with E-state index in [0.29, 0.717) is 19.0 Å². The summed E-state index contributed by atoms with van der Waals surface area (Å²) in [6.45, 7) is 5.88. The molecule has 7 heteroatoms. The summed E-state index contributed by atoms with van der Waals surface area (Å²) in [7, 11) is 1.96. The normalized spacial score (nSPS) is 10.8. The summed E-state index contributed by atoms with van der Waals surface area (Å²) in [6, 6.07) is 1.93. The molecule has 6 nitrogen and oxygen atoms in total. The van der Waals surface area contributed by atoms with Crippen LogP contribution in [0.15, 0.2) is 28.6 Å². The molecule has 2 heterocycles. The summed E-state index contributed by atoms with van der Waals surface area (Å²) in [4.78, 5) is 13.2. The molecule has 0 aromatic carbocycles. The molecule has 0 spiro atoms. The first-order valence-electron chi connectivity index (χ1n) is 6.57. The Morgan fingerprint density at radius 1 is 1.35 bits per heavy atom. The Bertz CT molecular complexity index is 557. The summed E-state index contributed by atoms with van der Waals surface area (Å²) < 4.78 is 7.34. The molecule has 0 radical (unpaired) electrons. The first-order valence-corrected chi connectivity index (χ1v) is 7.39. The van der Waals surface area contributed by atoms with Crippen molar-refractivity contribution >= 4 is 17.6 Å². The molecule has 0 unspecified atom stereocenters. The number of hydrogen-bond donors (Lipinski definition) is 1. The van der Waals surface area contributed by atoms with Gasteiger partial charge in [-0.2, -0.15) is 0 Å². The molecule has 0 saturated carbocycles. The lowest BCUT2D eigenvalue weighted by molar-refractivity contribution is 0.128. The van der Waals surface area contributed by atoms with Crippen molar-refractivity contribution in [2.45, 2.75) is 30.6 Å². The minimum atomic E-state index is 0.420. The van der Waals surface area contributed by atoms with E-state index in [1.807, 2.05) is 37.7 Å². The molecule has 0 amide bonds. The second-order valence-corrected chi connectivity index (χ2v) is 5.09. The topological polar surface area (TPSA) is 64.9 Å². The number of rotatable bonds is 7. The van der Waals surface area contributed by atoms with Crippen LogP contribution >= 0.6 is 11.8 Å². The van der Waals surface area contributed by atoms with Crippen LogP contribution in [0.4, 0.5) is 5.82 Å². The molecule has 2 aromatic heterocycles. The number of imidazole rings is 1. The second kappa shape index (κ2) is 7.25. The van der Waals surface area contributed by atoms with Crippen LogP contribution in [0.2, 0.25) is 0 Å². The van der Waals surface area contributed by atoms with E-state index in [0.717, 1.165) is 22.5 Å². The monoisotopic (exact) mass is 293 g/mol. The molecule has 1 N–H and O–H groups in total. The largest absolute Gasteiger partial charge is 0.374 e. The summed E-state index contributed by atoms with van der Waals surface area (Å²) in [6.07, 6.45) is 3.69. The van der Waals surface area contributed by atoms with Gasteiger partial charge in [-0.3, -0.25) is 0 Å². The Labute approximate surface area is 123 Å². The Balaban J connectivity index is 2.21. The fourth-order valence-electron chi connectivity index (χ4n) is 1.60. The number of nitrogens with zero attached hydrogens (tertiary/aromatic N) is 4. The number of anilines is 1. The van der Waals surface area contributed by atoms with Crippen molar-refractivity contribution in [1.82, 2.24) is 19.5 Å². The molecule has 0 fully saturated rings. The van der Waals surface area contributed by atoms with Crippen LogP contribution in [0.5, 0.6) is 0 Å². The van der Waals surface area contributed by atoms with E-state index in [1.54, 1.807) is 6.20 Å². The van der Waals surface area contributed by atoms with Gasteiger partial charge in [-0.05, 0) is 25.6 Å². The first-order chi connectivity index (χ1) is 9.72. The van der Waals surface area contributed by atoms with E-state index in [1.165, 1.54) is 11.8 Å². The third kappa shape index (κ3) is 3.94. The Hall–Kier alpha value is -1.60. The van der Waals surface area contributed by atoms with Gasteiger partial charge in [0, 0.05) is 38.7 Å². The highest BCUT2D eigenvalue weighted by Gasteiger charge is 2.08. The maximum atomic E-state index is 5.38. The molecule has 20 heavy (non-hydrogen) atoms. The van der Waals surface area contributed by atoms with Crippen LogP contribution in [-0.2, 0) is 18.4 Å². The van der Waals surface area contributed by atoms with E-state index in [9.17, 15) is 0 Å². The SMILES string of the molecule is CCNc1cc(Sc2nccn2C)nc(COCC)n1. The maximum Gasteiger partial charge on any atom is 0.174 e. The highest BCUT2D eigenvalue weighted by atomic mass is 32.2. The molecule has 108 valence electrons. The van der Waals surface area contributed by atoms with E-state index in [4.69, 9.17) is 4.74 Å². The zero-order chi connectivity index (χ0) is 14.4. The van der Waals surface area contributed by atoms with Gasteiger partial charge in [-0.1, -0.05) is 0 Å². The molecule has 0 aliphatic rings. The highest BCUT2D eigenvalue weighted by Crippen LogP contribution is 2.25. The average molecular weight is 293 g/mol. The van der Waals surface area contributed by atoms with Crippen molar-refractivity contribution in [2.75, 3.05) is 18.5 Å². The van der Waals surface area contributed by atoms with Crippen LogP contribution in [0.3, 0.4) is 0 Å². The van der Waals surface area contributed by atoms with Gasteiger partial charge in [0.1, 0.15) is 17.5 Å². The molecule has 2 rings (SSSR count). The van der Waals surface area contributed by atoms with Gasteiger partial charge in [0.2, 0.25) is 0 Å². The van der Waals surface area contributed by atoms with E-state index in [2.05, 4.69) is 20.3 Å². The summed E-state index contributed by atoms with van der Waals surface area (Å²) in [5.74, 6) is 1.50. The maximum absolute atomic E-state index is 5.38. The lowest BCUT2D eigenvalue weighted by atomic mass is 10.5. The predicted molar refractivity (Wildman–Crippen MR) is 78.9 cm³/mol. The lowest BCUT2D eigenvalue weighted by Gasteiger charge is -2.08. The third-order valence-corrected chi connectivity index (χ3v) is 3.51. The molecular formula is C13H19N5OS. The van der Waals surface area contributed by atoms with Crippen molar-refractivity contribution in [2.24, 2.45) is 7.05 Å². The third-order valence-electron chi connectivity index (χ3n) is 2.51. The fraction of sp³-hybridized carbons (Fsp3) is 0.462. The highest BCUT2D eigenvalue weighted by molar-refractivity contribution is 7.99. The standard InChI is InChI=1S/C13H19N5OS/c1-4-14-10-8-12(17-11(16-10)9-19-5-2)20-13-15-6-7-18(13)3/h6-8H,4-5,9H2,1-3H3,(H,14,16,17). The van der Waals surface area contributed by atoms with Crippen molar-refractivity contribution in [3.63, 3.8) is 0 Å². The quantitative estimate of drug-likeness (QED) is 0.790. The smallest absolute Gasteiger partial charge is 0.174 e. The molecule has 0 saturated heterocycles. The number of ether oxygens (including phenoxy) is 1. The van der Waals surface area contributed by atoms with Gasteiger partial charge in [0.05, 0.1) is 0 Å². The second-order valence-electron chi connectivity index (χ2n) is 4.10. The number of aromatic nitrogens is 4. The Morgan fingerprint density at radius 2 is 2.20 bits per heavy atom. The predicted octanol–water partition coefficient (Wildman–Crippen LogP) is 2.33. The fourth-order valence-corrected chi connectivity index (χ4v) is 2.43. The Kier molecular flexibility index (Phi) is 5.37. The first kappa shape index (κ1) is 14.8. The average Bonchev–Trinajstić information content (AvgIpc) is 2.82. The number of aryl methyl sites for hydroxylation is 1. The van der Waals surface area contributed by atoms with Gasteiger partial charge in [-0.15, -0.1) is 0 Å². The van der Waals surface area contributed by atoms with Crippen molar-refractivity contribution in [3.8, 4) is 0 Å². The zero-order valence-electron chi connectivity index (χ0n) is 12.0.